The van der Waals surface area contributed by atoms with Gasteiger partial charge in [0.15, 0.2) is 12.4 Å². The van der Waals surface area contributed by atoms with Gasteiger partial charge in [-0.3, -0.25) is 19.9 Å². The molecule has 10 nitrogen and oxygen atoms in total. The maximum Gasteiger partial charge on any atom is 0.433 e. The Morgan fingerprint density at radius 1 is 1.37 bits per heavy atom. The van der Waals surface area contributed by atoms with Gasteiger partial charge in [0, 0.05) is 10.9 Å². The lowest BCUT2D eigenvalue weighted by Gasteiger charge is -2.18. The molecule has 3 heterocycles. The molecule has 0 fully saturated rings. The van der Waals surface area contributed by atoms with Gasteiger partial charge in [-0.05, 0) is 24.3 Å². The van der Waals surface area contributed by atoms with Crippen LogP contribution in [0.1, 0.15) is 5.76 Å². The smallest absolute Gasteiger partial charge is 0.433 e. The Balaban J connectivity index is 1.75. The third kappa shape index (κ3) is 3.91. The monoisotopic (exact) mass is 425 g/mol. The van der Waals surface area contributed by atoms with Gasteiger partial charge in [0.05, 0.1) is 30.2 Å². The molecule has 4 rings (SSSR count). The minimum Gasteiger partial charge on any atom is -0.482 e. The van der Waals surface area contributed by atoms with E-state index < -0.39 is 4.92 Å². The van der Waals surface area contributed by atoms with Gasteiger partial charge in [-0.1, -0.05) is 6.08 Å². The number of fused-ring (bicyclic) bond motifs is 1. The molecule has 0 atom stereocenters. The van der Waals surface area contributed by atoms with Crippen LogP contribution in [0.25, 0.3) is 11.3 Å². The van der Waals surface area contributed by atoms with Crippen molar-refractivity contribution < 1.29 is 18.9 Å². The van der Waals surface area contributed by atoms with Gasteiger partial charge in [-0.15, -0.1) is 17.9 Å². The summed E-state index contributed by atoms with van der Waals surface area (Å²) < 4.78 is 12.1. The van der Waals surface area contributed by atoms with Crippen LogP contribution < -0.4 is 14.9 Å². The maximum absolute atomic E-state index is 11.6. The van der Waals surface area contributed by atoms with Gasteiger partial charge in [0.1, 0.15) is 10.7 Å². The fourth-order valence-corrected chi connectivity index (χ4v) is 3.57. The van der Waals surface area contributed by atoms with Crippen molar-refractivity contribution >= 4 is 35.0 Å². The van der Waals surface area contributed by atoms with Gasteiger partial charge >= 0.3 is 5.88 Å². The molecule has 152 valence electrons. The van der Waals surface area contributed by atoms with E-state index in [-0.39, 0.29) is 24.2 Å². The first kappa shape index (κ1) is 19.3. The highest BCUT2D eigenvalue weighted by atomic mass is 32.1. The number of nitrogens with one attached hydrogen (secondary N) is 1. The Kier molecular flexibility index (Phi) is 5.26. The van der Waals surface area contributed by atoms with Gasteiger partial charge in [0.2, 0.25) is 4.80 Å². The quantitative estimate of drug-likeness (QED) is 0.281. The zero-order valence-electron chi connectivity index (χ0n) is 15.5. The summed E-state index contributed by atoms with van der Waals surface area (Å²) in [6.45, 7) is 4.05. The molecule has 0 spiro atoms. The van der Waals surface area contributed by atoms with E-state index in [2.05, 4.69) is 22.0 Å². The van der Waals surface area contributed by atoms with Crippen molar-refractivity contribution in [2.24, 2.45) is 10.1 Å². The number of nitrogens with zero attached hydrogens (tertiary/aromatic N) is 4. The second-order valence-electron chi connectivity index (χ2n) is 6.07. The largest absolute Gasteiger partial charge is 0.482 e. The molecule has 1 amide bonds. The molecule has 11 heteroatoms. The normalized spacial score (nSPS) is 13.7. The molecule has 1 aliphatic rings. The molecule has 30 heavy (non-hydrogen) atoms. The molecule has 0 radical (unpaired) electrons. The fourth-order valence-electron chi connectivity index (χ4n) is 2.73. The molecular formula is C19H15N5O5S. The number of rotatable bonds is 6. The van der Waals surface area contributed by atoms with Crippen LogP contribution >= 0.6 is 11.3 Å². The van der Waals surface area contributed by atoms with Crippen LogP contribution in [0.15, 0.2) is 62.9 Å². The van der Waals surface area contributed by atoms with Crippen molar-refractivity contribution in [2.75, 3.05) is 18.5 Å². The summed E-state index contributed by atoms with van der Waals surface area (Å²) >= 11 is 1.37. The van der Waals surface area contributed by atoms with Crippen molar-refractivity contribution in [3.63, 3.8) is 0 Å². The minimum absolute atomic E-state index is 0.0189. The molecule has 0 saturated heterocycles. The summed E-state index contributed by atoms with van der Waals surface area (Å²) in [4.78, 5) is 26.8. The number of hydrogen-bond acceptors (Lipinski definition) is 8. The lowest BCUT2D eigenvalue weighted by atomic mass is 10.1. The average Bonchev–Trinajstić information content (AvgIpc) is 3.37. The number of furan rings is 1. The highest BCUT2D eigenvalue weighted by molar-refractivity contribution is 7.07. The number of amides is 1. The predicted molar refractivity (Wildman–Crippen MR) is 111 cm³/mol. The summed E-state index contributed by atoms with van der Waals surface area (Å²) in [5.41, 5.74) is 2.05. The number of thiazole rings is 1. The van der Waals surface area contributed by atoms with Gasteiger partial charge in [-0.25, -0.2) is 4.68 Å². The molecule has 0 saturated carbocycles. The number of carbonyl (C=O) groups excluding carboxylic acids is 1. The Labute approximate surface area is 173 Å². The first-order valence-electron chi connectivity index (χ1n) is 8.73. The zero-order valence-corrected chi connectivity index (χ0v) is 16.3. The highest BCUT2D eigenvalue weighted by Gasteiger charge is 2.18. The van der Waals surface area contributed by atoms with Gasteiger partial charge < -0.3 is 14.5 Å². The summed E-state index contributed by atoms with van der Waals surface area (Å²) in [5, 5.41) is 19.9. The lowest BCUT2D eigenvalue weighted by molar-refractivity contribution is -0.402. The predicted octanol–water partition coefficient (Wildman–Crippen LogP) is 3.02. The van der Waals surface area contributed by atoms with Crippen molar-refractivity contribution in [3.8, 4) is 17.0 Å². The second-order valence-corrected chi connectivity index (χ2v) is 6.91. The summed E-state index contributed by atoms with van der Waals surface area (Å²) in [6, 6.07) is 8.12. The molecule has 1 aromatic carbocycles. The van der Waals surface area contributed by atoms with Crippen LogP contribution in [0, 0.1) is 10.1 Å². The van der Waals surface area contributed by atoms with E-state index in [1.807, 2.05) is 11.4 Å². The third-order valence-electron chi connectivity index (χ3n) is 4.04. The Morgan fingerprint density at radius 2 is 2.23 bits per heavy atom. The van der Waals surface area contributed by atoms with Crippen LogP contribution in [0.5, 0.6) is 5.75 Å². The Hall–Kier alpha value is -3.99. The van der Waals surface area contributed by atoms with E-state index in [1.54, 1.807) is 22.9 Å². The van der Waals surface area contributed by atoms with Crippen LogP contribution in [-0.4, -0.2) is 34.9 Å². The van der Waals surface area contributed by atoms with E-state index >= 15 is 0 Å². The van der Waals surface area contributed by atoms with Crippen molar-refractivity contribution in [1.82, 2.24) is 4.68 Å². The van der Waals surface area contributed by atoms with E-state index in [9.17, 15) is 14.9 Å². The average molecular weight is 425 g/mol. The van der Waals surface area contributed by atoms with E-state index in [1.165, 1.54) is 29.7 Å². The van der Waals surface area contributed by atoms with Crippen LogP contribution in [0.2, 0.25) is 0 Å². The van der Waals surface area contributed by atoms with Crippen LogP contribution in [0.4, 0.5) is 11.6 Å². The zero-order chi connectivity index (χ0) is 21.1. The number of ether oxygens (including phenoxy) is 1. The fraction of sp³-hybridized carbons (Fsp3) is 0.105. The summed E-state index contributed by atoms with van der Waals surface area (Å²) in [7, 11) is 0. The number of carbonyl (C=O) groups is 1. The van der Waals surface area contributed by atoms with E-state index in [4.69, 9.17) is 9.15 Å². The first-order valence-corrected chi connectivity index (χ1v) is 9.60. The molecule has 2 aromatic heterocycles. The molecule has 0 bridgehead atoms. The van der Waals surface area contributed by atoms with Crippen molar-refractivity contribution in [2.45, 2.75) is 0 Å². The molecule has 3 aromatic rings. The molecular weight excluding hydrogens is 410 g/mol. The topological polar surface area (TPSA) is 124 Å². The molecule has 0 unspecified atom stereocenters. The standard InChI is InChI=1S/C19H15N5O5S/c1-2-7-20-19-23(21-9-13-4-6-18(29-13)24(26)27)15(11-30-19)12-3-5-16-14(8-12)22-17(25)10-28-16/h2-6,8-9,11H,1,7,10H2,(H,22,25). The third-order valence-corrected chi connectivity index (χ3v) is 4.90. The van der Waals surface area contributed by atoms with Gasteiger partial charge in [0.25, 0.3) is 5.91 Å². The summed E-state index contributed by atoms with van der Waals surface area (Å²) in [6.07, 6.45) is 3.04. The van der Waals surface area contributed by atoms with Crippen LogP contribution in [-0.2, 0) is 4.79 Å². The number of anilines is 1. The Bertz CT molecular complexity index is 1240. The van der Waals surface area contributed by atoms with Crippen LogP contribution in [0.3, 0.4) is 0 Å². The lowest BCUT2D eigenvalue weighted by Crippen LogP contribution is -2.25. The highest BCUT2D eigenvalue weighted by Crippen LogP contribution is 2.32. The first-order chi connectivity index (χ1) is 14.5. The summed E-state index contributed by atoms with van der Waals surface area (Å²) in [5.74, 6) is 0.223. The minimum atomic E-state index is -0.616. The van der Waals surface area contributed by atoms with E-state index in [0.717, 1.165) is 5.56 Å². The number of nitro groups is 1. The van der Waals surface area contributed by atoms with Crippen molar-refractivity contribution in [1.29, 1.82) is 0 Å². The Morgan fingerprint density at radius 3 is 3.00 bits per heavy atom. The number of benzene rings is 1. The van der Waals surface area contributed by atoms with Gasteiger partial charge in [-0.2, -0.15) is 5.10 Å². The number of aromatic nitrogens is 1. The maximum atomic E-state index is 11.6. The number of hydrogen-bond donors (Lipinski definition) is 1. The molecule has 0 aliphatic carbocycles. The molecule has 1 N–H and O–H groups in total. The van der Waals surface area contributed by atoms with Crippen molar-refractivity contribution in [3.05, 3.63) is 69.0 Å². The molecule has 1 aliphatic heterocycles. The van der Waals surface area contributed by atoms with E-state index in [0.29, 0.717) is 28.5 Å². The second kappa shape index (κ2) is 8.17. The SMILES string of the molecule is C=CCN=c1scc(-c2ccc3c(c2)NC(=O)CO3)n1N=Cc1ccc([N+](=O)[O-])o1.